The maximum Gasteiger partial charge on any atom is 0.749 e. The van der Waals surface area contributed by atoms with Crippen LogP contribution in [0.25, 0.3) is 0 Å². The van der Waals surface area contributed by atoms with E-state index < -0.39 is 9.05 Å². The van der Waals surface area contributed by atoms with Gasteiger partial charge in [-0.3, -0.25) is 4.79 Å². The summed E-state index contributed by atoms with van der Waals surface area (Å²) < 4.78 is 22.0. The van der Waals surface area contributed by atoms with Crippen LogP contribution in [0.15, 0.2) is 11.8 Å². The molecule has 0 fully saturated rings. The summed E-state index contributed by atoms with van der Waals surface area (Å²) in [5.74, 6) is 0.356. The fourth-order valence-electron chi connectivity index (χ4n) is 1.26. The van der Waals surface area contributed by atoms with Crippen molar-refractivity contribution >= 4 is 14.8 Å². The second-order valence-electron chi connectivity index (χ2n) is 3.27. The van der Waals surface area contributed by atoms with E-state index in [2.05, 4.69) is 0 Å². The smallest absolute Gasteiger partial charge is 0.484 e. The van der Waals surface area contributed by atoms with Crippen molar-refractivity contribution in [2.45, 2.75) is 34.6 Å². The van der Waals surface area contributed by atoms with Gasteiger partial charge in [0, 0.05) is 25.9 Å². The molecule has 5 nitrogen and oxygen atoms in total. The van der Waals surface area contributed by atoms with Gasteiger partial charge in [-0.15, -0.1) is 0 Å². The molecule has 0 unspecified atom stereocenters. The molecular weight excluding hydrogens is 240 g/mol. The van der Waals surface area contributed by atoms with Crippen LogP contribution >= 0.6 is 0 Å². The van der Waals surface area contributed by atoms with Crippen molar-refractivity contribution in [2.24, 2.45) is 0 Å². The van der Waals surface area contributed by atoms with Crippen molar-refractivity contribution in [1.82, 2.24) is 0 Å². The summed E-state index contributed by atoms with van der Waals surface area (Å²) in [5.41, 5.74) is 0. The molecule has 0 aromatic rings. The Hall–Kier alpha value is -0.693. The van der Waals surface area contributed by atoms with Crippen LogP contribution in [-0.2, 0) is 22.5 Å². The topological polar surface area (TPSA) is 54.0 Å². The molecule has 0 heterocycles. The largest absolute Gasteiger partial charge is 0.749 e. The SMILES string of the molecule is CCO[Si](OCC)(OCC)OC(C)=CC(C)=O. The van der Waals surface area contributed by atoms with Gasteiger partial charge < -0.3 is 17.7 Å². The fourth-order valence-corrected chi connectivity index (χ4v) is 3.20. The van der Waals surface area contributed by atoms with Crippen molar-refractivity contribution < 1.29 is 22.5 Å². The number of rotatable bonds is 9. The Kier molecular flexibility index (Phi) is 8.06. The van der Waals surface area contributed by atoms with Crippen LogP contribution in [0.1, 0.15) is 34.6 Å². The molecule has 0 aliphatic heterocycles. The molecule has 0 bridgehead atoms. The van der Waals surface area contributed by atoms with E-state index >= 15 is 0 Å². The molecule has 0 spiro atoms. The standard InChI is InChI=1S/C11H22O5Si/c1-6-13-17(14-7-2,15-8-3)16-11(5)9-10(4)12/h9H,6-8H2,1-5H3. The predicted octanol–water partition coefficient (Wildman–Crippen LogP) is 2.04. The van der Waals surface area contributed by atoms with Gasteiger partial charge in [0.05, 0.1) is 5.76 Å². The van der Waals surface area contributed by atoms with Crippen molar-refractivity contribution in [3.05, 3.63) is 11.8 Å². The lowest BCUT2D eigenvalue weighted by Crippen LogP contribution is -2.49. The van der Waals surface area contributed by atoms with Gasteiger partial charge in [-0.25, -0.2) is 0 Å². The Morgan fingerprint density at radius 2 is 1.41 bits per heavy atom. The van der Waals surface area contributed by atoms with E-state index in [4.69, 9.17) is 17.7 Å². The van der Waals surface area contributed by atoms with Gasteiger partial charge in [0.2, 0.25) is 0 Å². The normalized spacial score (nSPS) is 12.6. The predicted molar refractivity (Wildman–Crippen MR) is 66.2 cm³/mol. The molecule has 0 atom stereocenters. The number of allylic oxidation sites excluding steroid dienone is 2. The first-order chi connectivity index (χ1) is 7.99. The van der Waals surface area contributed by atoms with E-state index in [0.717, 1.165) is 0 Å². The number of hydrogen-bond donors (Lipinski definition) is 0. The summed E-state index contributed by atoms with van der Waals surface area (Å²) in [6.45, 7) is 9.95. The van der Waals surface area contributed by atoms with Crippen molar-refractivity contribution in [3.8, 4) is 0 Å². The van der Waals surface area contributed by atoms with Crippen molar-refractivity contribution in [2.75, 3.05) is 19.8 Å². The molecule has 0 N–H and O–H groups in total. The van der Waals surface area contributed by atoms with Crippen LogP contribution in [-0.4, -0.2) is 34.7 Å². The van der Waals surface area contributed by atoms with Gasteiger partial charge in [0.1, 0.15) is 0 Å². The third kappa shape index (κ3) is 6.57. The summed E-state index contributed by atoms with van der Waals surface area (Å²) in [6, 6.07) is 0. The van der Waals surface area contributed by atoms with Gasteiger partial charge in [-0.1, -0.05) is 0 Å². The van der Waals surface area contributed by atoms with E-state index in [1.54, 1.807) is 6.92 Å². The molecule has 0 saturated heterocycles. The highest BCUT2D eigenvalue weighted by molar-refractivity contribution is 6.53. The Morgan fingerprint density at radius 3 is 1.71 bits per heavy atom. The van der Waals surface area contributed by atoms with Gasteiger partial charge in [-0.05, 0) is 34.6 Å². The zero-order valence-corrected chi connectivity index (χ0v) is 12.2. The summed E-state index contributed by atoms with van der Waals surface area (Å²) in [7, 11) is -3.15. The number of hydrogen-bond acceptors (Lipinski definition) is 5. The first kappa shape index (κ1) is 16.3. The maximum atomic E-state index is 11.0. The highest BCUT2D eigenvalue weighted by atomic mass is 28.4. The molecular formula is C11H22O5Si. The average molecular weight is 262 g/mol. The molecule has 0 saturated carbocycles. The van der Waals surface area contributed by atoms with Crippen LogP contribution in [0.2, 0.25) is 0 Å². The molecule has 0 aliphatic rings. The summed E-state index contributed by atoms with van der Waals surface area (Å²) in [4.78, 5) is 11.0. The first-order valence-electron chi connectivity index (χ1n) is 5.79. The van der Waals surface area contributed by atoms with E-state index in [-0.39, 0.29) is 5.78 Å². The lowest BCUT2D eigenvalue weighted by Gasteiger charge is -2.27. The molecule has 0 aromatic carbocycles. The Labute approximate surface area is 104 Å². The Bertz CT molecular complexity index is 248. The van der Waals surface area contributed by atoms with Crippen LogP contribution < -0.4 is 0 Å². The molecule has 0 amide bonds. The number of carbonyl (C=O) groups is 1. The van der Waals surface area contributed by atoms with E-state index in [1.165, 1.54) is 13.0 Å². The quantitative estimate of drug-likeness (QED) is 0.361. The molecule has 0 aromatic heterocycles. The first-order valence-corrected chi connectivity index (χ1v) is 7.42. The minimum atomic E-state index is -3.15. The Balaban J connectivity index is 4.80. The summed E-state index contributed by atoms with van der Waals surface area (Å²) in [6.07, 6.45) is 1.39. The third-order valence-electron chi connectivity index (χ3n) is 1.66. The monoisotopic (exact) mass is 262 g/mol. The lowest BCUT2D eigenvalue weighted by atomic mass is 10.4. The zero-order chi connectivity index (χ0) is 13.3. The molecule has 0 radical (unpaired) electrons. The van der Waals surface area contributed by atoms with Crippen LogP contribution in [0, 0.1) is 0 Å². The number of ketones is 1. The van der Waals surface area contributed by atoms with Crippen molar-refractivity contribution in [3.63, 3.8) is 0 Å². The fraction of sp³-hybridized carbons (Fsp3) is 0.727. The van der Waals surface area contributed by atoms with E-state index in [1.807, 2.05) is 20.8 Å². The van der Waals surface area contributed by atoms with Crippen LogP contribution in [0.4, 0.5) is 0 Å². The second kappa shape index (κ2) is 8.41. The molecule has 0 aliphatic carbocycles. The van der Waals surface area contributed by atoms with Crippen LogP contribution in [0.3, 0.4) is 0 Å². The summed E-state index contributed by atoms with van der Waals surface area (Å²) >= 11 is 0. The third-order valence-corrected chi connectivity index (χ3v) is 4.15. The maximum absolute atomic E-state index is 11.0. The highest BCUT2D eigenvalue weighted by Gasteiger charge is 2.47. The van der Waals surface area contributed by atoms with Gasteiger partial charge in [0.15, 0.2) is 5.78 Å². The minimum Gasteiger partial charge on any atom is -0.484 e. The van der Waals surface area contributed by atoms with Gasteiger partial charge in [0.25, 0.3) is 0 Å². The Morgan fingerprint density at radius 1 is 1.00 bits per heavy atom. The average Bonchev–Trinajstić information content (AvgIpc) is 2.16. The summed E-state index contributed by atoms with van der Waals surface area (Å²) in [5, 5.41) is 0. The number of carbonyl (C=O) groups excluding carboxylic acids is 1. The molecule has 0 rings (SSSR count). The zero-order valence-electron chi connectivity index (χ0n) is 11.2. The van der Waals surface area contributed by atoms with E-state index in [9.17, 15) is 4.79 Å². The second-order valence-corrected chi connectivity index (χ2v) is 5.34. The van der Waals surface area contributed by atoms with Gasteiger partial charge in [-0.2, -0.15) is 0 Å². The molecule has 6 heteroatoms. The van der Waals surface area contributed by atoms with Gasteiger partial charge >= 0.3 is 9.05 Å². The lowest BCUT2D eigenvalue weighted by molar-refractivity contribution is -0.112. The van der Waals surface area contributed by atoms with Crippen LogP contribution in [0.5, 0.6) is 0 Å². The van der Waals surface area contributed by atoms with E-state index in [0.29, 0.717) is 25.6 Å². The highest BCUT2D eigenvalue weighted by Crippen LogP contribution is 2.16. The molecule has 100 valence electrons. The molecule has 17 heavy (non-hydrogen) atoms. The minimum absolute atomic E-state index is 0.0881. The van der Waals surface area contributed by atoms with Crippen molar-refractivity contribution in [1.29, 1.82) is 0 Å².